The number of carbonyl (C=O) groups is 3. The number of carbonyl (C=O) groups excluding carboxylic acids is 3. The van der Waals surface area contributed by atoms with Gasteiger partial charge in [0.05, 0.1) is 29.5 Å². The first-order valence-electron chi connectivity index (χ1n) is 16.6. The molecule has 5 aromatic rings. The fourth-order valence-electron chi connectivity index (χ4n) is 5.90. The first kappa shape index (κ1) is 38.5. The predicted molar refractivity (Wildman–Crippen MR) is 186 cm³/mol. The number of alkyl halides is 6. The number of halogens is 8. The highest BCUT2D eigenvalue weighted by Gasteiger charge is 2.45. The topological polar surface area (TPSA) is 106 Å². The number of nitrogens with one attached hydrogen (secondary N) is 3. The lowest BCUT2D eigenvalue weighted by Gasteiger charge is -2.28. The highest BCUT2D eigenvalue weighted by molar-refractivity contribution is 6.15. The third-order valence-corrected chi connectivity index (χ3v) is 8.91. The van der Waals surface area contributed by atoms with Gasteiger partial charge in [-0.15, -0.1) is 0 Å². The highest BCUT2D eigenvalue weighted by Crippen LogP contribution is 2.39. The maximum atomic E-state index is 15.3. The minimum atomic E-state index is -5.07. The van der Waals surface area contributed by atoms with Crippen molar-refractivity contribution in [1.29, 1.82) is 0 Å². The molecule has 1 fully saturated rings. The molecule has 1 aliphatic carbocycles. The van der Waals surface area contributed by atoms with Crippen LogP contribution in [-0.2, 0) is 10.9 Å². The Labute approximate surface area is 307 Å². The van der Waals surface area contributed by atoms with Crippen molar-refractivity contribution < 1.29 is 59.0 Å². The summed E-state index contributed by atoms with van der Waals surface area (Å²) in [5, 5.41) is 8.28. The number of rotatable bonds is 9. The molecular formula is C39H29F8N3O5. The number of hydrogen-bond acceptors (Lipinski definition) is 5. The summed E-state index contributed by atoms with van der Waals surface area (Å²) in [5.41, 5.74) is -3.62. The van der Waals surface area contributed by atoms with Gasteiger partial charge in [0.15, 0.2) is 0 Å². The minimum Gasteiger partial charge on any atom is -0.496 e. The normalized spacial score (nSPS) is 13.8. The summed E-state index contributed by atoms with van der Waals surface area (Å²) < 4.78 is 122. The van der Waals surface area contributed by atoms with E-state index < -0.39 is 59.1 Å². The average Bonchev–Trinajstić information content (AvgIpc) is 3.11. The molecule has 0 bridgehead atoms. The van der Waals surface area contributed by atoms with Crippen LogP contribution in [0.3, 0.4) is 0 Å². The number of methoxy groups -OCH3 is 1. The first-order valence-corrected chi connectivity index (χ1v) is 16.6. The molecule has 0 heterocycles. The van der Waals surface area contributed by atoms with E-state index in [1.165, 1.54) is 31.4 Å². The van der Waals surface area contributed by atoms with Gasteiger partial charge in [0.25, 0.3) is 11.8 Å². The van der Waals surface area contributed by atoms with Gasteiger partial charge in [-0.25, -0.2) is 13.6 Å². The van der Waals surface area contributed by atoms with E-state index in [2.05, 4.69) is 16.0 Å². The quantitative estimate of drug-likeness (QED) is 0.129. The number of ether oxygens (including phenoxy) is 2. The maximum Gasteiger partial charge on any atom is 0.429 e. The Hall–Kier alpha value is -6.19. The monoisotopic (exact) mass is 771 g/mol. The van der Waals surface area contributed by atoms with Crippen molar-refractivity contribution in [3.8, 4) is 16.9 Å². The Morgan fingerprint density at radius 2 is 1.42 bits per heavy atom. The number of anilines is 2. The first-order chi connectivity index (χ1) is 26.0. The molecule has 286 valence electrons. The maximum absolute atomic E-state index is 15.3. The molecule has 0 saturated heterocycles. The third-order valence-electron chi connectivity index (χ3n) is 8.91. The second-order valence-corrected chi connectivity index (χ2v) is 12.6. The molecule has 55 heavy (non-hydrogen) atoms. The average molecular weight is 772 g/mol. The van der Waals surface area contributed by atoms with Crippen LogP contribution in [0.2, 0.25) is 0 Å². The molecule has 0 spiro atoms. The van der Waals surface area contributed by atoms with Crippen molar-refractivity contribution in [2.45, 2.75) is 43.8 Å². The number of benzene rings is 5. The summed E-state index contributed by atoms with van der Waals surface area (Å²) in [5.74, 6) is -4.47. The van der Waals surface area contributed by atoms with Crippen LogP contribution in [0.15, 0.2) is 91.0 Å². The molecule has 1 aliphatic rings. The van der Waals surface area contributed by atoms with Crippen LogP contribution in [0, 0.1) is 11.6 Å². The van der Waals surface area contributed by atoms with Crippen molar-refractivity contribution in [2.24, 2.45) is 0 Å². The summed E-state index contributed by atoms with van der Waals surface area (Å²) in [7, 11) is 1.22. The van der Waals surface area contributed by atoms with E-state index in [4.69, 9.17) is 9.47 Å². The largest absolute Gasteiger partial charge is 0.496 e. The Morgan fingerprint density at radius 1 is 0.745 bits per heavy atom. The molecule has 0 unspecified atom stereocenters. The van der Waals surface area contributed by atoms with Crippen LogP contribution in [0.25, 0.3) is 21.9 Å². The van der Waals surface area contributed by atoms with Crippen LogP contribution in [0.5, 0.6) is 5.75 Å². The van der Waals surface area contributed by atoms with Crippen molar-refractivity contribution >= 4 is 40.1 Å². The smallest absolute Gasteiger partial charge is 0.429 e. The van der Waals surface area contributed by atoms with Gasteiger partial charge in [0.2, 0.25) is 6.10 Å². The Morgan fingerprint density at radius 3 is 2.05 bits per heavy atom. The summed E-state index contributed by atoms with van der Waals surface area (Å²) >= 11 is 0. The van der Waals surface area contributed by atoms with Crippen molar-refractivity contribution in [3.05, 3.63) is 125 Å². The summed E-state index contributed by atoms with van der Waals surface area (Å²) in [6.45, 7) is 0. The van der Waals surface area contributed by atoms with Crippen LogP contribution >= 0.6 is 0 Å². The standard InChI is InChI=1S/C39H29F8N3O5/c1-54-33-14-10-22(26-17-23(9-12-30(26)40)34(39(45,46)47)55-37(53)49-24-7-4-8-24)16-28(33)36(52)50-32-18-21-6-3-2-5-20(21)15-27(32)35(51)48-25-11-13-31(41)29(19-25)38(42,43)44/h2-3,5-6,9-19,24,34H,4,7-8H2,1H3,(H,48,51)(H,49,53)(H,50,52)/t34-/m0/s1. The molecule has 3 N–H and O–H groups in total. The van der Waals surface area contributed by atoms with E-state index in [9.17, 15) is 45.1 Å². The second kappa shape index (κ2) is 15.3. The third kappa shape index (κ3) is 8.63. The lowest BCUT2D eigenvalue weighted by Crippen LogP contribution is -2.41. The molecule has 5 aromatic carbocycles. The molecule has 6 rings (SSSR count). The number of hydrogen-bond donors (Lipinski definition) is 3. The minimum absolute atomic E-state index is 0.0558. The molecule has 1 atom stereocenters. The van der Waals surface area contributed by atoms with Gasteiger partial charge >= 0.3 is 18.4 Å². The molecule has 0 aromatic heterocycles. The van der Waals surface area contributed by atoms with Crippen molar-refractivity contribution in [2.75, 3.05) is 17.7 Å². The molecule has 16 heteroatoms. The van der Waals surface area contributed by atoms with E-state index in [0.717, 1.165) is 36.8 Å². The molecule has 0 radical (unpaired) electrons. The van der Waals surface area contributed by atoms with Crippen molar-refractivity contribution in [1.82, 2.24) is 5.32 Å². The molecule has 3 amide bonds. The Balaban J connectivity index is 1.33. The second-order valence-electron chi connectivity index (χ2n) is 12.6. The molecular weight excluding hydrogens is 742 g/mol. The summed E-state index contributed by atoms with van der Waals surface area (Å²) in [6.07, 6.45) is -12.2. The van der Waals surface area contributed by atoms with Gasteiger partial charge in [0, 0.05) is 22.9 Å². The Kier molecular flexibility index (Phi) is 10.7. The zero-order valence-electron chi connectivity index (χ0n) is 28.5. The van der Waals surface area contributed by atoms with Gasteiger partial charge in [0.1, 0.15) is 17.4 Å². The van der Waals surface area contributed by atoms with Gasteiger partial charge in [-0.1, -0.05) is 36.4 Å². The van der Waals surface area contributed by atoms with Gasteiger partial charge in [-0.2, -0.15) is 26.3 Å². The molecule has 8 nitrogen and oxygen atoms in total. The van der Waals surface area contributed by atoms with E-state index >= 15 is 4.39 Å². The lowest BCUT2D eigenvalue weighted by atomic mass is 9.93. The van der Waals surface area contributed by atoms with E-state index in [-0.39, 0.29) is 45.4 Å². The molecule has 0 aliphatic heterocycles. The van der Waals surface area contributed by atoms with Crippen molar-refractivity contribution in [3.63, 3.8) is 0 Å². The van der Waals surface area contributed by atoms with Gasteiger partial charge in [-0.05, 0) is 90.2 Å². The van der Waals surface area contributed by atoms with Gasteiger partial charge in [-0.3, -0.25) is 9.59 Å². The summed E-state index contributed by atoms with van der Waals surface area (Å²) in [4.78, 5) is 39.7. The lowest BCUT2D eigenvalue weighted by molar-refractivity contribution is -0.206. The number of alkyl carbamates (subject to hydrolysis) is 1. The van der Waals surface area contributed by atoms with Gasteiger partial charge < -0.3 is 25.4 Å². The van der Waals surface area contributed by atoms with Crippen LogP contribution < -0.4 is 20.7 Å². The van der Waals surface area contributed by atoms with Crippen LogP contribution in [-0.4, -0.2) is 37.2 Å². The Bertz CT molecular complexity index is 2290. The predicted octanol–water partition coefficient (Wildman–Crippen LogP) is 10.2. The van der Waals surface area contributed by atoms with E-state index in [0.29, 0.717) is 35.7 Å². The number of amides is 3. The zero-order valence-corrected chi connectivity index (χ0v) is 28.5. The van der Waals surface area contributed by atoms with Crippen LogP contribution in [0.4, 0.5) is 51.3 Å². The van der Waals surface area contributed by atoms with E-state index in [1.807, 2.05) is 0 Å². The van der Waals surface area contributed by atoms with Crippen LogP contribution in [0.1, 0.15) is 57.2 Å². The molecule has 1 saturated carbocycles. The fourth-order valence-corrected chi connectivity index (χ4v) is 5.90. The number of fused-ring (bicyclic) bond motifs is 1. The highest BCUT2D eigenvalue weighted by atomic mass is 19.4. The fraction of sp³-hybridized carbons (Fsp3) is 0.205. The SMILES string of the molecule is COc1ccc(-c2cc([C@H](OC(=O)NC3CCC3)C(F)(F)F)ccc2F)cc1C(=O)Nc1cc2ccccc2cc1C(=O)Nc1ccc(F)c(C(F)(F)F)c1. The zero-order chi connectivity index (χ0) is 39.7. The van der Waals surface area contributed by atoms with E-state index in [1.54, 1.807) is 24.3 Å². The summed E-state index contributed by atoms with van der Waals surface area (Å²) in [6, 6.07) is 17.1.